The van der Waals surface area contributed by atoms with E-state index in [9.17, 15) is 22.4 Å². The Kier molecular flexibility index (Phi) is 7.74. The topological polar surface area (TPSA) is 124 Å². The number of nitrogens with zero attached hydrogens (tertiary/aromatic N) is 6. The van der Waals surface area contributed by atoms with Gasteiger partial charge in [-0.1, -0.05) is 11.3 Å². The normalized spacial score (nSPS) is 13.4. The van der Waals surface area contributed by atoms with E-state index in [1.54, 1.807) is 6.20 Å². The zero-order valence-corrected chi connectivity index (χ0v) is 22.7. The van der Waals surface area contributed by atoms with Crippen molar-refractivity contribution in [2.45, 2.75) is 57.5 Å². The minimum Gasteiger partial charge on any atom is -0.406 e. The molecule has 4 heterocycles. The minimum absolute atomic E-state index is 0.000369. The Morgan fingerprint density at radius 3 is 2.72 bits per heavy atom. The molecule has 1 aliphatic rings. The van der Waals surface area contributed by atoms with Gasteiger partial charge < -0.3 is 15.0 Å². The molecule has 0 atom stereocenters. The van der Waals surface area contributed by atoms with Crippen molar-refractivity contribution >= 4 is 16.9 Å². The fraction of sp³-hybridized carbons (Fsp3) is 0.310. The summed E-state index contributed by atoms with van der Waals surface area (Å²) in [5, 5.41) is 20.1. The van der Waals surface area contributed by atoms with Gasteiger partial charge in [-0.05, 0) is 74.4 Å². The van der Waals surface area contributed by atoms with Gasteiger partial charge >= 0.3 is 6.36 Å². The van der Waals surface area contributed by atoms with Crippen LogP contribution >= 0.6 is 0 Å². The average Bonchev–Trinajstić information content (AvgIpc) is 3.60. The molecular formula is C29H26F4N8O2. The standard InChI is InChI=1S/C29H26F4N8O2/c30-22-10-9-20(43-29(31,32)33)13-18(22)15-35-28(42)24-16-41(40-38-24)12-4-2-5-19-14-21-25(23-6-1-3-11-34-23)26(17-7-8-17)36-27(21)39-37-19/h1,3,6,9-11,13-14,16-17H,2,4-5,7-8,12,15H2,(H,35,42)(H,36,39). The van der Waals surface area contributed by atoms with Crippen LogP contribution in [0.2, 0.25) is 0 Å². The predicted molar refractivity (Wildman–Crippen MR) is 146 cm³/mol. The quantitative estimate of drug-likeness (QED) is 0.153. The number of hydrogen-bond acceptors (Lipinski definition) is 7. The molecule has 5 aromatic rings. The smallest absolute Gasteiger partial charge is 0.406 e. The second kappa shape index (κ2) is 11.8. The number of halogens is 4. The van der Waals surface area contributed by atoms with Crippen LogP contribution in [0.4, 0.5) is 17.6 Å². The molecule has 0 unspecified atom stereocenters. The number of pyridine rings is 1. The molecule has 2 N–H and O–H groups in total. The van der Waals surface area contributed by atoms with Gasteiger partial charge in [0.25, 0.3) is 5.91 Å². The molecule has 1 amide bonds. The highest BCUT2D eigenvalue weighted by atomic mass is 19.4. The monoisotopic (exact) mass is 594 g/mol. The van der Waals surface area contributed by atoms with E-state index in [1.807, 2.05) is 18.2 Å². The first kappa shape index (κ1) is 28.2. The van der Waals surface area contributed by atoms with E-state index in [0.29, 0.717) is 18.9 Å². The number of aromatic amines is 1. The highest BCUT2D eigenvalue weighted by Crippen LogP contribution is 2.46. The number of carbonyl (C=O) groups is 1. The Labute approximate surface area is 242 Å². The van der Waals surface area contributed by atoms with Gasteiger partial charge in [0.1, 0.15) is 11.6 Å². The van der Waals surface area contributed by atoms with Crippen molar-refractivity contribution in [1.82, 2.24) is 40.5 Å². The summed E-state index contributed by atoms with van der Waals surface area (Å²) < 4.78 is 56.7. The number of hydrogen-bond donors (Lipinski definition) is 2. The zero-order valence-electron chi connectivity index (χ0n) is 22.7. The van der Waals surface area contributed by atoms with E-state index >= 15 is 0 Å². The van der Waals surface area contributed by atoms with Gasteiger partial charge in [0.05, 0.1) is 17.6 Å². The maximum atomic E-state index is 14.0. The summed E-state index contributed by atoms with van der Waals surface area (Å²) in [4.78, 5) is 20.5. The van der Waals surface area contributed by atoms with Crippen LogP contribution in [0.3, 0.4) is 0 Å². The first-order valence-corrected chi connectivity index (χ1v) is 13.8. The molecule has 0 aliphatic heterocycles. The average molecular weight is 595 g/mol. The van der Waals surface area contributed by atoms with Crippen LogP contribution in [-0.2, 0) is 19.5 Å². The Morgan fingerprint density at radius 2 is 1.95 bits per heavy atom. The molecule has 0 saturated heterocycles. The van der Waals surface area contributed by atoms with Gasteiger partial charge in [-0.15, -0.1) is 23.4 Å². The lowest BCUT2D eigenvalue weighted by molar-refractivity contribution is -0.274. The molecule has 0 spiro atoms. The zero-order chi connectivity index (χ0) is 30.0. The number of rotatable bonds is 11. The van der Waals surface area contributed by atoms with E-state index in [-0.39, 0.29) is 17.8 Å². The van der Waals surface area contributed by atoms with E-state index in [2.05, 4.69) is 46.6 Å². The number of ether oxygens (including phenoxy) is 1. The summed E-state index contributed by atoms with van der Waals surface area (Å²) in [6.45, 7) is 0.139. The second-order valence-corrected chi connectivity index (χ2v) is 10.3. The maximum Gasteiger partial charge on any atom is 0.573 e. The molecule has 0 radical (unpaired) electrons. The Hall–Kier alpha value is -4.88. The Balaban J connectivity index is 1.03. The van der Waals surface area contributed by atoms with Gasteiger partial charge in [0.2, 0.25) is 0 Å². The van der Waals surface area contributed by atoms with Crippen molar-refractivity contribution in [1.29, 1.82) is 0 Å². The lowest BCUT2D eigenvalue weighted by Crippen LogP contribution is -2.24. The van der Waals surface area contributed by atoms with Crippen LogP contribution in [0.5, 0.6) is 5.75 Å². The van der Waals surface area contributed by atoms with Gasteiger partial charge in [0.15, 0.2) is 11.3 Å². The summed E-state index contributed by atoms with van der Waals surface area (Å²) in [6.07, 6.45) is 2.83. The third-order valence-electron chi connectivity index (χ3n) is 7.07. The van der Waals surface area contributed by atoms with Crippen LogP contribution in [0.25, 0.3) is 22.3 Å². The molecule has 1 aromatic carbocycles. The van der Waals surface area contributed by atoms with Crippen molar-refractivity contribution in [3.63, 3.8) is 0 Å². The van der Waals surface area contributed by atoms with Crippen molar-refractivity contribution in [2.75, 3.05) is 0 Å². The number of H-pyrrole nitrogens is 1. The molecule has 222 valence electrons. The summed E-state index contributed by atoms with van der Waals surface area (Å²) >= 11 is 0. The largest absolute Gasteiger partial charge is 0.573 e. The first-order valence-electron chi connectivity index (χ1n) is 13.8. The first-order chi connectivity index (χ1) is 20.7. The third kappa shape index (κ3) is 6.79. The second-order valence-electron chi connectivity index (χ2n) is 10.3. The number of benzene rings is 1. The molecule has 4 aromatic heterocycles. The number of aryl methyl sites for hydroxylation is 2. The van der Waals surface area contributed by atoms with Crippen LogP contribution < -0.4 is 10.1 Å². The summed E-state index contributed by atoms with van der Waals surface area (Å²) in [5.74, 6) is -1.51. The van der Waals surface area contributed by atoms with Crippen molar-refractivity contribution in [3.8, 4) is 17.0 Å². The van der Waals surface area contributed by atoms with Gasteiger partial charge in [-0.2, -0.15) is 5.10 Å². The number of carbonyl (C=O) groups excluding carboxylic acids is 1. The molecule has 1 fully saturated rings. The maximum absolute atomic E-state index is 14.0. The van der Waals surface area contributed by atoms with E-state index in [4.69, 9.17) is 0 Å². The van der Waals surface area contributed by atoms with Crippen molar-refractivity contribution in [2.24, 2.45) is 0 Å². The third-order valence-corrected chi connectivity index (χ3v) is 7.07. The van der Waals surface area contributed by atoms with Crippen LogP contribution in [0.1, 0.15) is 59.0 Å². The minimum atomic E-state index is -4.91. The Bertz CT molecular complexity index is 1750. The molecule has 1 saturated carbocycles. The van der Waals surface area contributed by atoms with E-state index in [0.717, 1.165) is 71.9 Å². The van der Waals surface area contributed by atoms with Crippen LogP contribution in [0.15, 0.2) is 54.9 Å². The van der Waals surface area contributed by atoms with Crippen LogP contribution in [-0.4, -0.2) is 47.4 Å². The van der Waals surface area contributed by atoms with E-state index in [1.165, 1.54) is 16.6 Å². The molecule has 6 rings (SSSR count). The fourth-order valence-corrected chi connectivity index (χ4v) is 4.88. The summed E-state index contributed by atoms with van der Waals surface area (Å²) in [6, 6.07) is 10.5. The summed E-state index contributed by atoms with van der Waals surface area (Å²) in [7, 11) is 0. The number of aromatic nitrogens is 7. The highest BCUT2D eigenvalue weighted by Gasteiger charge is 2.32. The van der Waals surface area contributed by atoms with Crippen LogP contribution in [0, 0.1) is 5.82 Å². The number of nitrogens with one attached hydrogen (secondary N) is 2. The lowest BCUT2D eigenvalue weighted by Gasteiger charge is -2.11. The van der Waals surface area contributed by atoms with Crippen molar-refractivity contribution in [3.05, 3.63) is 83.3 Å². The van der Waals surface area contributed by atoms with Crippen molar-refractivity contribution < 1.29 is 27.1 Å². The molecule has 14 heteroatoms. The fourth-order valence-electron chi connectivity index (χ4n) is 4.88. The molecule has 43 heavy (non-hydrogen) atoms. The number of amides is 1. The molecule has 0 bridgehead atoms. The molecular weight excluding hydrogens is 568 g/mol. The van der Waals surface area contributed by atoms with Gasteiger partial charge in [0, 0.05) is 41.5 Å². The SMILES string of the molecule is O=C(NCc1cc(OC(F)(F)F)ccc1F)c1cn(CCCCc2cc3c(-c4ccccn4)c(C4CC4)[nH]c3nn2)nn1. The highest BCUT2D eigenvalue weighted by molar-refractivity contribution is 5.95. The number of unbranched alkanes of at least 4 members (excludes halogenated alkanes) is 1. The summed E-state index contributed by atoms with van der Waals surface area (Å²) in [5.41, 5.74) is 4.62. The number of alkyl halides is 3. The molecule has 10 nitrogen and oxygen atoms in total. The van der Waals surface area contributed by atoms with Gasteiger partial charge in [-0.3, -0.25) is 14.5 Å². The van der Waals surface area contributed by atoms with Gasteiger partial charge in [-0.25, -0.2) is 4.39 Å². The van der Waals surface area contributed by atoms with E-state index < -0.39 is 23.8 Å². The molecule has 1 aliphatic carbocycles. The Morgan fingerprint density at radius 1 is 1.09 bits per heavy atom. The predicted octanol–water partition coefficient (Wildman–Crippen LogP) is 5.48. The lowest BCUT2D eigenvalue weighted by atomic mass is 10.0. The number of fused-ring (bicyclic) bond motifs is 1.